The number of nitrogens with one attached hydrogen (secondary N) is 1. The lowest BCUT2D eigenvalue weighted by atomic mass is 10.1. The Labute approximate surface area is 160 Å². The summed E-state index contributed by atoms with van der Waals surface area (Å²) in [5.41, 5.74) is 0.443. The lowest BCUT2D eigenvalue weighted by Gasteiger charge is -2.11. The van der Waals surface area contributed by atoms with Crippen LogP contribution in [0.5, 0.6) is 0 Å². The van der Waals surface area contributed by atoms with Crippen LogP contribution in [0, 0.1) is 0 Å². The molecule has 0 fully saturated rings. The summed E-state index contributed by atoms with van der Waals surface area (Å²) < 4.78 is 1.44. The van der Waals surface area contributed by atoms with E-state index >= 15 is 0 Å². The fourth-order valence-corrected chi connectivity index (χ4v) is 3.38. The van der Waals surface area contributed by atoms with Crippen LogP contribution in [0.25, 0.3) is 21.7 Å². The van der Waals surface area contributed by atoms with E-state index in [1.165, 1.54) is 9.47 Å². The average Bonchev–Trinajstić information content (AvgIpc) is 2.66. The summed E-state index contributed by atoms with van der Waals surface area (Å²) in [5.74, 6) is -0.403. The lowest BCUT2D eigenvalue weighted by molar-refractivity contribution is -0.130. The largest absolute Gasteiger partial charge is 0.347 e. The number of amides is 2. The second-order valence-corrected chi connectivity index (χ2v) is 7.27. The number of thioether (sulfide) groups is 1. The predicted octanol–water partition coefficient (Wildman–Crippen LogP) is 1.38. The van der Waals surface area contributed by atoms with Crippen molar-refractivity contribution in [1.29, 1.82) is 0 Å². The van der Waals surface area contributed by atoms with Crippen molar-refractivity contribution < 1.29 is 9.59 Å². The quantitative estimate of drug-likeness (QED) is 0.408. The molecule has 1 N–H and O–H groups in total. The Kier molecular flexibility index (Phi) is 5.46. The highest BCUT2D eigenvalue weighted by Crippen LogP contribution is 2.22. The summed E-state index contributed by atoms with van der Waals surface area (Å²) in [6.07, 6.45) is 0. The van der Waals surface area contributed by atoms with Gasteiger partial charge in [0.05, 0.1) is 23.2 Å². The SMILES string of the molecule is CN(C)C(=O)CNC(=O)CSc1nc2cc3ccccc3cc2c(=O)n1C. The number of rotatable bonds is 5. The molecule has 0 atom stereocenters. The van der Waals surface area contributed by atoms with Gasteiger partial charge in [-0.05, 0) is 22.9 Å². The minimum Gasteiger partial charge on any atom is -0.347 e. The summed E-state index contributed by atoms with van der Waals surface area (Å²) in [5, 5.41) is 5.54. The Balaban J connectivity index is 1.81. The number of hydrogen-bond donors (Lipinski definition) is 1. The summed E-state index contributed by atoms with van der Waals surface area (Å²) >= 11 is 1.16. The summed E-state index contributed by atoms with van der Waals surface area (Å²) in [4.78, 5) is 42.1. The van der Waals surface area contributed by atoms with Crippen LogP contribution in [0.1, 0.15) is 0 Å². The van der Waals surface area contributed by atoms with E-state index in [-0.39, 0.29) is 29.7 Å². The van der Waals surface area contributed by atoms with Gasteiger partial charge in [-0.25, -0.2) is 4.98 Å². The highest BCUT2D eigenvalue weighted by Gasteiger charge is 2.13. The molecule has 0 saturated carbocycles. The molecule has 1 aromatic heterocycles. The molecule has 27 heavy (non-hydrogen) atoms. The Hall–Kier alpha value is -2.87. The molecule has 0 radical (unpaired) electrons. The number of nitrogens with zero attached hydrogens (tertiary/aromatic N) is 3. The first-order valence-electron chi connectivity index (χ1n) is 8.36. The first-order valence-corrected chi connectivity index (χ1v) is 9.34. The van der Waals surface area contributed by atoms with E-state index in [9.17, 15) is 14.4 Å². The third kappa shape index (κ3) is 4.11. The number of carbonyl (C=O) groups excluding carboxylic acids is 2. The number of aromatic nitrogens is 2. The van der Waals surface area contributed by atoms with Gasteiger partial charge in [0.15, 0.2) is 5.16 Å². The number of benzene rings is 2. The number of fused-ring (bicyclic) bond motifs is 2. The molecule has 1 heterocycles. The lowest BCUT2D eigenvalue weighted by Crippen LogP contribution is -2.37. The molecule has 0 bridgehead atoms. The van der Waals surface area contributed by atoms with Crippen LogP contribution in [-0.2, 0) is 16.6 Å². The number of likely N-dealkylation sites (N-methyl/N-ethyl adjacent to an activating group) is 1. The maximum absolute atomic E-state index is 12.7. The van der Waals surface area contributed by atoms with Gasteiger partial charge in [0, 0.05) is 21.1 Å². The molecule has 3 rings (SSSR count). The van der Waals surface area contributed by atoms with Gasteiger partial charge in [-0.1, -0.05) is 36.0 Å². The van der Waals surface area contributed by atoms with Crippen molar-refractivity contribution >= 4 is 45.3 Å². The second-order valence-electron chi connectivity index (χ2n) is 6.33. The van der Waals surface area contributed by atoms with Crippen LogP contribution < -0.4 is 10.9 Å². The van der Waals surface area contributed by atoms with Crippen molar-refractivity contribution in [1.82, 2.24) is 19.8 Å². The molecule has 0 aliphatic heterocycles. The van der Waals surface area contributed by atoms with E-state index in [1.807, 2.05) is 36.4 Å². The van der Waals surface area contributed by atoms with Crippen LogP contribution >= 0.6 is 11.8 Å². The molecule has 7 nitrogen and oxygen atoms in total. The van der Waals surface area contributed by atoms with Crippen LogP contribution in [-0.4, -0.2) is 52.7 Å². The van der Waals surface area contributed by atoms with E-state index in [0.29, 0.717) is 16.1 Å². The zero-order valence-electron chi connectivity index (χ0n) is 15.4. The smallest absolute Gasteiger partial charge is 0.261 e. The standard InChI is InChI=1S/C19H20N4O3S/c1-22(2)17(25)10-20-16(24)11-27-19-21-15-9-13-7-5-4-6-12(13)8-14(15)18(26)23(19)3/h4-9H,10-11H2,1-3H3,(H,20,24). The normalized spacial score (nSPS) is 10.9. The predicted molar refractivity (Wildman–Crippen MR) is 107 cm³/mol. The van der Waals surface area contributed by atoms with Crippen molar-refractivity contribution in [3.63, 3.8) is 0 Å². The van der Waals surface area contributed by atoms with Crippen LogP contribution in [0.2, 0.25) is 0 Å². The van der Waals surface area contributed by atoms with E-state index < -0.39 is 0 Å². The van der Waals surface area contributed by atoms with Crippen molar-refractivity contribution in [2.45, 2.75) is 5.16 Å². The first-order chi connectivity index (χ1) is 12.9. The third-order valence-electron chi connectivity index (χ3n) is 4.17. The molecular weight excluding hydrogens is 364 g/mol. The molecule has 8 heteroatoms. The fourth-order valence-electron chi connectivity index (χ4n) is 2.58. The zero-order chi connectivity index (χ0) is 19.6. The summed E-state index contributed by atoms with van der Waals surface area (Å²) in [6, 6.07) is 11.5. The molecular formula is C19H20N4O3S. The van der Waals surface area contributed by atoms with Crippen molar-refractivity contribution in [2.24, 2.45) is 7.05 Å². The van der Waals surface area contributed by atoms with Gasteiger partial charge in [-0.2, -0.15) is 0 Å². The van der Waals surface area contributed by atoms with Crippen LogP contribution in [0.4, 0.5) is 0 Å². The average molecular weight is 384 g/mol. The Morgan fingerprint density at radius 1 is 1.19 bits per heavy atom. The molecule has 0 aliphatic carbocycles. The third-order valence-corrected chi connectivity index (χ3v) is 5.20. The number of hydrogen-bond acceptors (Lipinski definition) is 5. The highest BCUT2D eigenvalue weighted by molar-refractivity contribution is 7.99. The van der Waals surface area contributed by atoms with Gasteiger partial charge < -0.3 is 10.2 Å². The monoisotopic (exact) mass is 384 g/mol. The van der Waals surface area contributed by atoms with E-state index in [2.05, 4.69) is 10.3 Å². The van der Waals surface area contributed by atoms with Crippen molar-refractivity contribution in [3.8, 4) is 0 Å². The highest BCUT2D eigenvalue weighted by atomic mass is 32.2. The Bertz CT molecular complexity index is 1090. The summed E-state index contributed by atoms with van der Waals surface area (Å²) in [7, 11) is 4.89. The number of carbonyl (C=O) groups is 2. The maximum atomic E-state index is 12.7. The minimum absolute atomic E-state index is 0.0531. The van der Waals surface area contributed by atoms with Gasteiger partial charge in [-0.15, -0.1) is 0 Å². The molecule has 0 unspecified atom stereocenters. The summed E-state index contributed by atoms with van der Waals surface area (Å²) in [6.45, 7) is -0.0531. The van der Waals surface area contributed by atoms with Crippen molar-refractivity contribution in [2.75, 3.05) is 26.4 Å². The second kappa shape index (κ2) is 7.79. The van der Waals surface area contributed by atoms with E-state index in [4.69, 9.17) is 0 Å². The van der Waals surface area contributed by atoms with Gasteiger partial charge in [0.2, 0.25) is 11.8 Å². The van der Waals surface area contributed by atoms with Crippen LogP contribution in [0.3, 0.4) is 0 Å². The van der Waals surface area contributed by atoms with Gasteiger partial charge >= 0.3 is 0 Å². The molecule has 3 aromatic rings. The molecule has 140 valence electrons. The Morgan fingerprint density at radius 3 is 2.52 bits per heavy atom. The van der Waals surface area contributed by atoms with E-state index in [1.54, 1.807) is 21.1 Å². The zero-order valence-corrected chi connectivity index (χ0v) is 16.2. The maximum Gasteiger partial charge on any atom is 0.261 e. The van der Waals surface area contributed by atoms with Crippen molar-refractivity contribution in [3.05, 3.63) is 46.8 Å². The van der Waals surface area contributed by atoms with Gasteiger partial charge in [0.25, 0.3) is 5.56 Å². The van der Waals surface area contributed by atoms with Gasteiger partial charge in [-0.3, -0.25) is 19.0 Å². The fraction of sp³-hybridized carbons (Fsp3) is 0.263. The van der Waals surface area contributed by atoms with Crippen LogP contribution in [0.15, 0.2) is 46.3 Å². The minimum atomic E-state index is -0.289. The molecule has 0 spiro atoms. The first kappa shape index (κ1) is 18.9. The van der Waals surface area contributed by atoms with Gasteiger partial charge in [0.1, 0.15) is 0 Å². The molecule has 0 aliphatic rings. The Morgan fingerprint density at radius 2 is 1.85 bits per heavy atom. The topological polar surface area (TPSA) is 84.3 Å². The molecule has 0 saturated heterocycles. The molecule has 2 aromatic carbocycles. The molecule has 2 amide bonds. The van der Waals surface area contributed by atoms with E-state index in [0.717, 1.165) is 22.5 Å².